The second-order valence-electron chi connectivity index (χ2n) is 10.5. The van der Waals surface area contributed by atoms with Gasteiger partial charge < -0.3 is 5.32 Å². The summed E-state index contributed by atoms with van der Waals surface area (Å²) in [7, 11) is 1.91. The second-order valence-corrected chi connectivity index (χ2v) is 11.5. The van der Waals surface area contributed by atoms with Crippen LogP contribution in [0.15, 0.2) is 41.7 Å². The molecule has 6 heteroatoms. The normalized spacial score (nSPS) is 24.2. The molecule has 2 heterocycles. The van der Waals surface area contributed by atoms with E-state index >= 15 is 0 Å². The van der Waals surface area contributed by atoms with Crippen LogP contribution >= 0.6 is 11.3 Å². The van der Waals surface area contributed by atoms with Crippen LogP contribution in [0.3, 0.4) is 0 Å². The molecule has 0 saturated carbocycles. The van der Waals surface area contributed by atoms with Crippen LogP contribution in [0.5, 0.6) is 0 Å². The number of thiazole rings is 1. The molecule has 0 spiro atoms. The number of hydrogen-bond donors (Lipinski definition) is 1. The van der Waals surface area contributed by atoms with Crippen molar-refractivity contribution in [3.63, 3.8) is 0 Å². The molecule has 1 unspecified atom stereocenters. The Morgan fingerprint density at radius 1 is 1.31 bits per heavy atom. The smallest absolute Gasteiger partial charge is 0.251 e. The first-order chi connectivity index (χ1) is 16.7. The maximum absolute atomic E-state index is 13.2. The Morgan fingerprint density at radius 3 is 2.94 bits per heavy atom. The van der Waals surface area contributed by atoms with E-state index in [0.717, 1.165) is 40.7 Å². The minimum Gasteiger partial charge on any atom is -0.351 e. The number of nitrogens with zero attached hydrogens (tertiary/aromatic N) is 3. The first-order valence-corrected chi connectivity index (χ1v) is 12.7. The zero-order valence-electron chi connectivity index (χ0n) is 20.2. The van der Waals surface area contributed by atoms with Crippen molar-refractivity contribution in [1.82, 2.24) is 20.1 Å². The van der Waals surface area contributed by atoms with Gasteiger partial charge in [-0.15, -0.1) is 17.8 Å². The number of rotatable bonds is 4. The van der Waals surface area contributed by atoms with E-state index in [-0.39, 0.29) is 16.7 Å². The Kier molecular flexibility index (Phi) is 4.91. The highest BCUT2D eigenvalue weighted by atomic mass is 32.1. The molecule has 2 aromatic heterocycles. The number of aromatic nitrogens is 3. The van der Waals surface area contributed by atoms with Gasteiger partial charge in [0.2, 0.25) is 0 Å². The Labute approximate surface area is 209 Å². The van der Waals surface area contributed by atoms with Gasteiger partial charge in [0.05, 0.1) is 21.5 Å². The van der Waals surface area contributed by atoms with E-state index in [1.807, 2.05) is 31.6 Å². The molecule has 3 aliphatic carbocycles. The van der Waals surface area contributed by atoms with Crippen LogP contribution in [-0.4, -0.2) is 27.2 Å². The summed E-state index contributed by atoms with van der Waals surface area (Å²) in [5.41, 5.74) is 6.20. The van der Waals surface area contributed by atoms with Crippen molar-refractivity contribution >= 4 is 29.4 Å². The van der Waals surface area contributed by atoms with E-state index in [2.05, 4.69) is 54.8 Å². The monoisotopic (exact) mass is 479 g/mol. The van der Waals surface area contributed by atoms with Crippen LogP contribution in [0.2, 0.25) is 0 Å². The number of benzene rings is 1. The molecule has 35 heavy (non-hydrogen) atoms. The van der Waals surface area contributed by atoms with Crippen molar-refractivity contribution in [2.45, 2.75) is 38.5 Å². The fourth-order valence-electron chi connectivity index (χ4n) is 5.17. The van der Waals surface area contributed by atoms with Gasteiger partial charge >= 0.3 is 0 Å². The maximum atomic E-state index is 13.2. The van der Waals surface area contributed by atoms with Crippen LogP contribution in [0.4, 0.5) is 0 Å². The van der Waals surface area contributed by atoms with Crippen LogP contribution in [-0.2, 0) is 18.9 Å². The lowest BCUT2D eigenvalue weighted by Gasteiger charge is -2.27. The van der Waals surface area contributed by atoms with Gasteiger partial charge in [-0.2, -0.15) is 5.10 Å². The highest BCUT2D eigenvalue weighted by molar-refractivity contribution is 7.13. The lowest BCUT2D eigenvalue weighted by molar-refractivity contribution is 0.0943. The van der Waals surface area contributed by atoms with E-state index in [1.165, 1.54) is 21.2 Å². The SMILES string of the molecule is C#C[C@]1(C)CC2=C([CH]2)Cc2ccc(C(=O)NCC3(C)C=c4nc(-c5cnn(C)c5)sc4=CC3)cc21. The van der Waals surface area contributed by atoms with Crippen molar-refractivity contribution < 1.29 is 4.79 Å². The minimum absolute atomic E-state index is 0.0665. The van der Waals surface area contributed by atoms with E-state index in [0.29, 0.717) is 12.1 Å². The molecular formula is C29H27N4OS. The number of fused-ring (bicyclic) bond motifs is 2. The molecular weight excluding hydrogens is 452 g/mol. The summed E-state index contributed by atoms with van der Waals surface area (Å²) >= 11 is 1.68. The lowest BCUT2D eigenvalue weighted by Crippen LogP contribution is -2.39. The van der Waals surface area contributed by atoms with Gasteiger partial charge in [0.15, 0.2) is 0 Å². The summed E-state index contributed by atoms with van der Waals surface area (Å²) in [6.07, 6.45) is 19.1. The summed E-state index contributed by atoms with van der Waals surface area (Å²) in [5, 5.41) is 9.38. The average Bonchev–Trinajstić information content (AvgIpc) is 3.22. The molecule has 0 aliphatic heterocycles. The summed E-state index contributed by atoms with van der Waals surface area (Å²) < 4.78 is 2.97. The molecule has 0 bridgehead atoms. The third-order valence-corrected chi connectivity index (χ3v) is 8.53. The van der Waals surface area contributed by atoms with Gasteiger partial charge in [-0.3, -0.25) is 9.48 Å². The molecule has 0 saturated heterocycles. The standard InChI is InChI=1S/C29H27N4OS/c1-5-29(3)13-21-11-20(21)10-18-6-7-19(12-23(18)29)26(34)30-17-28(2)9-8-25-24(14-28)32-27(35-25)22-15-31-33(4)16-22/h1,6-8,11-12,14-16H,9-10,13,17H2,2-4H3,(H,30,34)/t28?,29-/m1/s1. The molecule has 3 aromatic rings. The Hall–Kier alpha value is -3.43. The maximum Gasteiger partial charge on any atom is 0.251 e. The van der Waals surface area contributed by atoms with E-state index in [4.69, 9.17) is 11.4 Å². The zero-order valence-corrected chi connectivity index (χ0v) is 21.0. The number of amides is 1. The molecule has 175 valence electrons. The van der Waals surface area contributed by atoms with Crippen LogP contribution in [0.1, 0.15) is 48.2 Å². The first kappa shape index (κ1) is 22.1. The summed E-state index contributed by atoms with van der Waals surface area (Å²) in [4.78, 5) is 18.0. The van der Waals surface area contributed by atoms with E-state index < -0.39 is 0 Å². The molecule has 1 amide bonds. The zero-order chi connectivity index (χ0) is 24.4. The topological polar surface area (TPSA) is 59.8 Å². The molecule has 6 rings (SSSR count). The Balaban J connectivity index is 1.21. The third kappa shape index (κ3) is 3.94. The quantitative estimate of drug-likeness (QED) is 0.584. The highest BCUT2D eigenvalue weighted by Gasteiger charge is 2.38. The number of carbonyl (C=O) groups is 1. The summed E-state index contributed by atoms with van der Waals surface area (Å²) in [6, 6.07) is 6.01. The van der Waals surface area contributed by atoms with Gasteiger partial charge in [0.25, 0.3) is 5.91 Å². The van der Waals surface area contributed by atoms with Gasteiger partial charge in [0, 0.05) is 42.8 Å². The number of allylic oxidation sites excluding steroid dienone is 2. The third-order valence-electron chi connectivity index (χ3n) is 7.41. The lowest BCUT2D eigenvalue weighted by atomic mass is 9.76. The second kappa shape index (κ2) is 7.79. The molecule has 2 atom stereocenters. The van der Waals surface area contributed by atoms with Gasteiger partial charge in [-0.1, -0.05) is 36.1 Å². The van der Waals surface area contributed by atoms with Gasteiger partial charge in [-0.05, 0) is 55.5 Å². The van der Waals surface area contributed by atoms with Crippen molar-refractivity contribution in [2.75, 3.05) is 6.54 Å². The van der Waals surface area contributed by atoms with Crippen molar-refractivity contribution in [1.29, 1.82) is 0 Å². The fraction of sp³-hybridized carbons (Fsp3) is 0.310. The fourth-order valence-corrected chi connectivity index (χ4v) is 6.12. The number of terminal acetylenes is 1. The number of aryl methyl sites for hydroxylation is 1. The molecule has 3 aliphatic rings. The van der Waals surface area contributed by atoms with Crippen LogP contribution in [0.25, 0.3) is 22.7 Å². The van der Waals surface area contributed by atoms with E-state index in [1.54, 1.807) is 16.0 Å². The minimum atomic E-state index is -0.388. The van der Waals surface area contributed by atoms with E-state index in [9.17, 15) is 4.79 Å². The first-order valence-electron chi connectivity index (χ1n) is 11.9. The van der Waals surface area contributed by atoms with Crippen molar-refractivity contribution in [2.24, 2.45) is 12.5 Å². The predicted molar refractivity (Wildman–Crippen MR) is 140 cm³/mol. The number of hydrogen-bond acceptors (Lipinski definition) is 4. The molecule has 1 N–H and O–H groups in total. The summed E-state index contributed by atoms with van der Waals surface area (Å²) in [5.74, 6) is 2.94. The molecule has 5 nitrogen and oxygen atoms in total. The average molecular weight is 480 g/mol. The molecule has 1 aromatic carbocycles. The largest absolute Gasteiger partial charge is 0.351 e. The highest BCUT2D eigenvalue weighted by Crippen LogP contribution is 2.47. The number of nitrogens with one attached hydrogen (secondary N) is 1. The molecule has 0 fully saturated rings. The molecule has 1 radical (unpaired) electrons. The van der Waals surface area contributed by atoms with Crippen molar-refractivity contribution in [3.05, 3.63) is 74.7 Å². The van der Waals surface area contributed by atoms with Crippen LogP contribution < -0.4 is 15.2 Å². The van der Waals surface area contributed by atoms with Gasteiger partial charge in [0.1, 0.15) is 5.01 Å². The number of carbonyl (C=O) groups excluding carboxylic acids is 1. The Bertz CT molecular complexity index is 1580. The van der Waals surface area contributed by atoms with Crippen LogP contribution in [0, 0.1) is 24.2 Å². The summed E-state index contributed by atoms with van der Waals surface area (Å²) in [6.45, 7) is 4.81. The predicted octanol–water partition coefficient (Wildman–Crippen LogP) is 3.30. The van der Waals surface area contributed by atoms with Gasteiger partial charge in [-0.25, -0.2) is 4.98 Å². The Morgan fingerprint density at radius 2 is 2.17 bits per heavy atom. The van der Waals surface area contributed by atoms with Crippen molar-refractivity contribution in [3.8, 4) is 22.9 Å².